The lowest BCUT2D eigenvalue weighted by molar-refractivity contribution is 0.0950. The summed E-state index contributed by atoms with van der Waals surface area (Å²) in [6.07, 6.45) is 3.14. The maximum atomic E-state index is 13.5. The van der Waals surface area contributed by atoms with Crippen molar-refractivity contribution in [1.29, 1.82) is 0 Å². The van der Waals surface area contributed by atoms with Crippen LogP contribution in [-0.2, 0) is 14.8 Å². The number of rotatable bonds is 11. The second kappa shape index (κ2) is 11.2. The summed E-state index contributed by atoms with van der Waals surface area (Å²) in [5.41, 5.74) is 0.453. The number of nitrogens with zero attached hydrogens (tertiary/aromatic N) is 5. The maximum absolute atomic E-state index is 13.5. The third-order valence-corrected chi connectivity index (χ3v) is 8.36. The van der Waals surface area contributed by atoms with E-state index in [0.717, 1.165) is 0 Å². The average molecular weight is 553 g/mol. The van der Waals surface area contributed by atoms with Gasteiger partial charge in [-0.1, -0.05) is 17.7 Å². The molecule has 2 atom stereocenters. The first-order valence-corrected chi connectivity index (χ1v) is 13.5. The van der Waals surface area contributed by atoms with Crippen LogP contribution in [0.2, 0.25) is 5.02 Å². The van der Waals surface area contributed by atoms with E-state index in [1.54, 1.807) is 22.8 Å². The van der Waals surface area contributed by atoms with Crippen LogP contribution < -0.4 is 14.2 Å². The fourth-order valence-electron chi connectivity index (χ4n) is 4.35. The largest absolute Gasteiger partial charge is 0.494 e. The lowest BCUT2D eigenvalue weighted by atomic mass is 9.75. The number of aliphatic hydroxyl groups is 1. The number of hydrogen-bond acceptors (Lipinski definition) is 10. The summed E-state index contributed by atoms with van der Waals surface area (Å²) in [6.45, 7) is 1.56. The first-order chi connectivity index (χ1) is 17.7. The Bertz CT molecular complexity index is 1310. The van der Waals surface area contributed by atoms with Crippen molar-refractivity contribution in [3.63, 3.8) is 0 Å². The molecule has 1 aromatic carbocycles. The second-order valence-corrected chi connectivity index (χ2v) is 11.2. The van der Waals surface area contributed by atoms with E-state index in [2.05, 4.69) is 24.9 Å². The van der Waals surface area contributed by atoms with Crippen molar-refractivity contribution in [3.05, 3.63) is 47.3 Å². The Labute approximate surface area is 220 Å². The van der Waals surface area contributed by atoms with Crippen LogP contribution in [0.1, 0.15) is 43.4 Å². The third-order valence-electron chi connectivity index (χ3n) is 6.47. The van der Waals surface area contributed by atoms with Gasteiger partial charge in [0, 0.05) is 32.0 Å². The molecule has 0 radical (unpaired) electrons. The van der Waals surface area contributed by atoms with Crippen LogP contribution in [0.3, 0.4) is 0 Å². The zero-order valence-electron chi connectivity index (χ0n) is 20.8. The zero-order chi connectivity index (χ0) is 26.7. The quantitative estimate of drug-likeness (QED) is 0.363. The van der Waals surface area contributed by atoms with Gasteiger partial charge in [0.25, 0.3) is 0 Å². The molecule has 0 saturated heterocycles. The molecular formula is C23H29ClN6O6S. The number of aromatic nitrogens is 5. The van der Waals surface area contributed by atoms with Crippen LogP contribution in [-0.4, -0.2) is 71.4 Å². The number of sulfonamides is 1. The summed E-state index contributed by atoms with van der Waals surface area (Å²) < 4.78 is 47.9. The van der Waals surface area contributed by atoms with Crippen molar-refractivity contribution in [1.82, 2.24) is 24.7 Å². The van der Waals surface area contributed by atoms with E-state index in [1.165, 1.54) is 40.6 Å². The molecule has 1 saturated carbocycles. The minimum atomic E-state index is -4.10. The van der Waals surface area contributed by atoms with Crippen molar-refractivity contribution in [2.45, 2.75) is 37.0 Å². The Kier molecular flexibility index (Phi) is 8.17. The smallest absolute Gasteiger partial charge is 0.243 e. The Morgan fingerprint density at radius 2 is 1.76 bits per heavy atom. The number of ether oxygens (including phenoxy) is 3. The average Bonchev–Trinajstić information content (AvgIpc) is 3.25. The van der Waals surface area contributed by atoms with Crippen molar-refractivity contribution in [3.8, 4) is 17.2 Å². The van der Waals surface area contributed by atoms with Gasteiger partial charge in [-0.05, 0) is 37.8 Å². The van der Waals surface area contributed by atoms with Crippen molar-refractivity contribution in [2.24, 2.45) is 5.92 Å². The molecule has 3 aromatic rings. The first-order valence-electron chi connectivity index (χ1n) is 11.5. The Morgan fingerprint density at radius 3 is 2.30 bits per heavy atom. The molecule has 1 aliphatic rings. The van der Waals surface area contributed by atoms with Gasteiger partial charge < -0.3 is 19.3 Å². The summed E-state index contributed by atoms with van der Waals surface area (Å²) in [4.78, 5) is 8.23. The lowest BCUT2D eigenvalue weighted by Crippen LogP contribution is -2.33. The number of anilines is 1. The van der Waals surface area contributed by atoms with E-state index >= 15 is 0 Å². The van der Waals surface area contributed by atoms with Gasteiger partial charge in [0.1, 0.15) is 34.4 Å². The monoisotopic (exact) mass is 552 g/mol. The predicted molar refractivity (Wildman–Crippen MR) is 136 cm³/mol. The van der Waals surface area contributed by atoms with Crippen LogP contribution in [0.4, 0.5) is 5.95 Å². The molecule has 12 nitrogen and oxygen atoms in total. The Balaban J connectivity index is 1.76. The highest BCUT2D eigenvalue weighted by molar-refractivity contribution is 7.93. The van der Waals surface area contributed by atoms with Crippen molar-refractivity contribution < 1.29 is 27.7 Å². The normalized spacial score (nSPS) is 19.1. The summed E-state index contributed by atoms with van der Waals surface area (Å²) in [6, 6.07) is 5.23. The standard InChI is InChI=1S/C23H29ClN6O6S/c1-13(20(36-4)21-25-10-16(24)11-26-21)37(32,33)29-23-28-27-22(15-8-14(9-15)12-31)30(23)19-17(34-2)6-5-7-18(19)35-3/h5-7,10-11,13-15,20,31H,8-9,12H2,1-4H3,(H,28,29)/t13-,14-,15+,20-/m0/s1. The minimum Gasteiger partial charge on any atom is -0.494 e. The summed E-state index contributed by atoms with van der Waals surface area (Å²) in [5, 5.41) is 17.2. The highest BCUT2D eigenvalue weighted by Crippen LogP contribution is 2.44. The van der Waals surface area contributed by atoms with Gasteiger partial charge in [-0.15, -0.1) is 10.2 Å². The van der Waals surface area contributed by atoms with Crippen molar-refractivity contribution in [2.75, 3.05) is 32.7 Å². The van der Waals surface area contributed by atoms with Gasteiger partial charge in [-0.3, -0.25) is 9.29 Å². The van der Waals surface area contributed by atoms with Gasteiger partial charge in [0.05, 0.1) is 19.2 Å². The SMILES string of the molecule is COc1cccc(OC)c1-n1c(NS(=O)(=O)[C@@H](C)[C@H](OC)c2ncc(Cl)cn2)nnc1[C@H]1C[C@@H](CO)C1. The maximum Gasteiger partial charge on any atom is 0.243 e. The highest BCUT2D eigenvalue weighted by atomic mass is 35.5. The van der Waals surface area contributed by atoms with Gasteiger partial charge in [0.15, 0.2) is 5.82 Å². The van der Waals surface area contributed by atoms with E-state index in [4.69, 9.17) is 25.8 Å². The third kappa shape index (κ3) is 5.35. The van der Waals surface area contributed by atoms with Crippen LogP contribution >= 0.6 is 11.6 Å². The van der Waals surface area contributed by atoms with Gasteiger partial charge >= 0.3 is 0 Å². The van der Waals surface area contributed by atoms with Crippen LogP contribution in [0.25, 0.3) is 5.69 Å². The number of halogens is 1. The molecule has 0 aliphatic heterocycles. The molecular weight excluding hydrogens is 524 g/mol. The number of aliphatic hydroxyl groups excluding tert-OH is 1. The highest BCUT2D eigenvalue weighted by Gasteiger charge is 2.38. The van der Waals surface area contributed by atoms with Gasteiger partial charge in [-0.2, -0.15) is 0 Å². The van der Waals surface area contributed by atoms with Crippen molar-refractivity contribution >= 4 is 27.6 Å². The Hall–Kier alpha value is -3.00. The molecule has 14 heteroatoms. The number of para-hydroxylation sites is 1. The molecule has 200 valence electrons. The van der Waals surface area contributed by atoms with E-state index in [-0.39, 0.29) is 30.2 Å². The first kappa shape index (κ1) is 27.0. The lowest BCUT2D eigenvalue weighted by Gasteiger charge is -2.33. The van der Waals surface area contributed by atoms with E-state index in [0.29, 0.717) is 40.9 Å². The number of hydrogen-bond donors (Lipinski definition) is 2. The molecule has 37 heavy (non-hydrogen) atoms. The molecule has 0 amide bonds. The molecule has 0 spiro atoms. The predicted octanol–water partition coefficient (Wildman–Crippen LogP) is 2.73. The number of nitrogens with one attached hydrogen (secondary N) is 1. The summed E-state index contributed by atoms with van der Waals surface area (Å²) >= 11 is 5.88. The topological polar surface area (TPSA) is 151 Å². The Morgan fingerprint density at radius 1 is 1.14 bits per heavy atom. The molecule has 0 bridgehead atoms. The summed E-state index contributed by atoms with van der Waals surface area (Å²) in [5.74, 6) is 1.65. The molecule has 1 fully saturated rings. The van der Waals surface area contributed by atoms with Crippen LogP contribution in [0, 0.1) is 5.92 Å². The number of benzene rings is 1. The molecule has 1 aliphatic carbocycles. The second-order valence-electron chi connectivity index (χ2n) is 8.71. The molecule has 0 unspecified atom stereocenters. The molecule has 4 rings (SSSR count). The molecule has 2 heterocycles. The van der Waals surface area contributed by atoms with E-state index in [9.17, 15) is 13.5 Å². The van der Waals surface area contributed by atoms with Crippen LogP contribution in [0.5, 0.6) is 11.5 Å². The molecule has 2 aromatic heterocycles. The fourth-order valence-corrected chi connectivity index (χ4v) is 5.58. The van der Waals surface area contributed by atoms with Crippen LogP contribution in [0.15, 0.2) is 30.6 Å². The molecule has 2 N–H and O–H groups in total. The number of methoxy groups -OCH3 is 3. The van der Waals surface area contributed by atoms with E-state index in [1.807, 2.05) is 0 Å². The van der Waals surface area contributed by atoms with E-state index < -0.39 is 21.4 Å². The van der Waals surface area contributed by atoms with Gasteiger partial charge in [0.2, 0.25) is 16.0 Å². The zero-order valence-corrected chi connectivity index (χ0v) is 22.4. The van der Waals surface area contributed by atoms with Gasteiger partial charge in [-0.25, -0.2) is 18.4 Å². The minimum absolute atomic E-state index is 0.0378. The summed E-state index contributed by atoms with van der Waals surface area (Å²) in [7, 11) is 0.293. The fraction of sp³-hybridized carbons (Fsp3) is 0.478.